The van der Waals surface area contributed by atoms with Crippen LogP contribution in [0.3, 0.4) is 0 Å². The largest absolute Gasteiger partial charge is 0.455 e. The molecule has 0 saturated heterocycles. The molecular weight excluding hydrogens is 322 g/mol. The first-order chi connectivity index (χ1) is 10.7. The van der Waals surface area contributed by atoms with Crippen LogP contribution in [0.1, 0.15) is 39.1 Å². The number of hydrogen-bond donors (Lipinski definition) is 0. The predicted octanol–water partition coefficient (Wildman–Crippen LogP) is 2.45. The van der Waals surface area contributed by atoms with E-state index in [0.717, 1.165) is 17.8 Å². The van der Waals surface area contributed by atoms with Gasteiger partial charge in [-0.2, -0.15) is 9.61 Å². The van der Waals surface area contributed by atoms with Crippen LogP contribution in [0.4, 0.5) is 0 Å². The molecule has 1 saturated carbocycles. The monoisotopic (exact) mass is 333 g/mol. The van der Waals surface area contributed by atoms with E-state index in [9.17, 15) is 9.59 Å². The number of aromatic nitrogens is 3. The Bertz CT molecular complexity index is 894. The molecule has 1 aliphatic rings. The maximum atomic E-state index is 12.1. The summed E-state index contributed by atoms with van der Waals surface area (Å²) in [5, 5.41) is 7.07. The molecule has 0 radical (unpaired) electrons. The molecule has 22 heavy (non-hydrogen) atoms. The highest BCUT2D eigenvalue weighted by Crippen LogP contribution is 2.41. The van der Waals surface area contributed by atoms with Crippen LogP contribution in [0.5, 0.6) is 0 Å². The number of carbonyl (C=O) groups excluding carboxylic acids is 1. The van der Waals surface area contributed by atoms with Gasteiger partial charge in [0.05, 0.1) is 5.69 Å². The zero-order valence-electron chi connectivity index (χ0n) is 11.4. The van der Waals surface area contributed by atoms with Crippen molar-refractivity contribution in [3.63, 3.8) is 0 Å². The standard InChI is InChI=1S/C14H11N3O3S2/c18-11-6-9(7-20-13(19)10-2-1-5-21-10)15-14-17(11)16-12(22-14)8-3-4-8/h1-2,5-6,8H,3-4,7H2. The first kappa shape index (κ1) is 13.6. The lowest BCUT2D eigenvalue weighted by Crippen LogP contribution is -2.16. The third kappa shape index (κ3) is 2.55. The first-order valence-corrected chi connectivity index (χ1v) is 8.50. The Morgan fingerprint density at radius 1 is 1.45 bits per heavy atom. The van der Waals surface area contributed by atoms with Crippen LogP contribution >= 0.6 is 22.7 Å². The summed E-state index contributed by atoms with van der Waals surface area (Å²) >= 11 is 2.75. The Morgan fingerprint density at radius 2 is 2.32 bits per heavy atom. The van der Waals surface area contributed by atoms with E-state index in [0.29, 0.717) is 21.4 Å². The maximum Gasteiger partial charge on any atom is 0.348 e. The molecule has 1 fully saturated rings. The van der Waals surface area contributed by atoms with Gasteiger partial charge in [0.15, 0.2) is 0 Å². The molecule has 0 bridgehead atoms. The van der Waals surface area contributed by atoms with E-state index in [1.807, 2.05) is 5.38 Å². The molecule has 1 aliphatic carbocycles. The third-order valence-corrected chi connectivity index (χ3v) is 5.23. The summed E-state index contributed by atoms with van der Waals surface area (Å²) in [4.78, 5) is 29.3. The van der Waals surface area contributed by atoms with Crippen LogP contribution < -0.4 is 5.56 Å². The summed E-state index contributed by atoms with van der Waals surface area (Å²) < 4.78 is 6.51. The van der Waals surface area contributed by atoms with Crippen molar-refractivity contribution in [3.8, 4) is 0 Å². The maximum absolute atomic E-state index is 12.1. The van der Waals surface area contributed by atoms with Crippen LogP contribution in [0.15, 0.2) is 28.4 Å². The third-order valence-electron chi connectivity index (χ3n) is 3.31. The number of hydrogen-bond acceptors (Lipinski definition) is 7. The van der Waals surface area contributed by atoms with E-state index < -0.39 is 5.97 Å². The van der Waals surface area contributed by atoms with Gasteiger partial charge in [0.1, 0.15) is 16.5 Å². The van der Waals surface area contributed by atoms with E-state index in [-0.39, 0.29) is 12.2 Å². The Labute approximate surface area is 133 Å². The summed E-state index contributed by atoms with van der Waals surface area (Å²) in [5.74, 6) is 0.0752. The summed E-state index contributed by atoms with van der Waals surface area (Å²) in [6.45, 7) is -0.0147. The number of carbonyl (C=O) groups is 1. The molecule has 4 rings (SSSR count). The van der Waals surface area contributed by atoms with Crippen LogP contribution in [-0.2, 0) is 11.3 Å². The zero-order valence-corrected chi connectivity index (χ0v) is 13.0. The van der Waals surface area contributed by atoms with Crippen molar-refractivity contribution < 1.29 is 9.53 Å². The number of ether oxygens (including phenoxy) is 1. The van der Waals surface area contributed by atoms with E-state index in [1.54, 1.807) is 12.1 Å². The minimum Gasteiger partial charge on any atom is -0.455 e. The highest BCUT2D eigenvalue weighted by molar-refractivity contribution is 7.16. The number of thiophene rings is 1. The highest BCUT2D eigenvalue weighted by Gasteiger charge is 2.28. The summed E-state index contributed by atoms with van der Waals surface area (Å²) in [5.41, 5.74) is 0.205. The smallest absolute Gasteiger partial charge is 0.348 e. The molecule has 3 aromatic rings. The summed E-state index contributed by atoms with van der Waals surface area (Å²) in [7, 11) is 0. The van der Waals surface area contributed by atoms with Gasteiger partial charge in [-0.3, -0.25) is 4.79 Å². The number of esters is 1. The zero-order chi connectivity index (χ0) is 15.1. The molecule has 3 heterocycles. The van der Waals surface area contributed by atoms with Crippen molar-refractivity contribution >= 4 is 33.6 Å². The summed E-state index contributed by atoms with van der Waals surface area (Å²) in [6, 6.07) is 4.85. The minimum atomic E-state index is -0.403. The van der Waals surface area contributed by atoms with Crippen molar-refractivity contribution in [3.05, 3.63) is 49.5 Å². The predicted molar refractivity (Wildman–Crippen MR) is 82.5 cm³/mol. The van der Waals surface area contributed by atoms with E-state index in [4.69, 9.17) is 4.74 Å². The average molecular weight is 333 g/mol. The Kier molecular flexibility index (Phi) is 3.27. The second-order valence-electron chi connectivity index (χ2n) is 5.05. The van der Waals surface area contributed by atoms with Crippen molar-refractivity contribution in [1.82, 2.24) is 14.6 Å². The van der Waals surface area contributed by atoms with Gasteiger partial charge in [0.2, 0.25) is 4.96 Å². The van der Waals surface area contributed by atoms with Crippen molar-refractivity contribution in [2.75, 3.05) is 0 Å². The molecule has 3 aromatic heterocycles. The van der Waals surface area contributed by atoms with Crippen molar-refractivity contribution in [2.24, 2.45) is 0 Å². The fourth-order valence-corrected chi connectivity index (χ4v) is 3.75. The second kappa shape index (κ2) is 5.29. The Balaban J connectivity index is 1.56. The highest BCUT2D eigenvalue weighted by atomic mass is 32.1. The molecule has 8 heteroatoms. The molecule has 0 unspecified atom stereocenters. The summed E-state index contributed by atoms with van der Waals surface area (Å²) in [6.07, 6.45) is 2.25. The van der Waals surface area contributed by atoms with Gasteiger partial charge in [-0.25, -0.2) is 9.78 Å². The van der Waals surface area contributed by atoms with Gasteiger partial charge in [0.25, 0.3) is 5.56 Å². The topological polar surface area (TPSA) is 73.6 Å². The van der Waals surface area contributed by atoms with E-state index in [1.165, 1.54) is 33.3 Å². The van der Waals surface area contributed by atoms with Crippen LogP contribution in [0, 0.1) is 0 Å². The Hall–Kier alpha value is -2.06. The number of fused-ring (bicyclic) bond motifs is 1. The molecule has 0 atom stereocenters. The molecule has 0 amide bonds. The second-order valence-corrected chi connectivity index (χ2v) is 6.98. The van der Waals surface area contributed by atoms with Crippen LogP contribution in [-0.4, -0.2) is 20.6 Å². The van der Waals surface area contributed by atoms with E-state index >= 15 is 0 Å². The quantitative estimate of drug-likeness (QED) is 0.686. The molecule has 0 N–H and O–H groups in total. The van der Waals surface area contributed by atoms with Crippen molar-refractivity contribution in [2.45, 2.75) is 25.4 Å². The normalized spacial score (nSPS) is 14.4. The van der Waals surface area contributed by atoms with Gasteiger partial charge in [-0.05, 0) is 24.3 Å². The fraction of sp³-hybridized carbons (Fsp3) is 0.286. The van der Waals surface area contributed by atoms with E-state index in [2.05, 4.69) is 10.1 Å². The molecular formula is C14H11N3O3S2. The van der Waals surface area contributed by atoms with Gasteiger partial charge in [-0.1, -0.05) is 17.4 Å². The lowest BCUT2D eigenvalue weighted by atomic mass is 10.4. The number of rotatable bonds is 4. The molecule has 112 valence electrons. The molecule has 0 aliphatic heterocycles. The average Bonchev–Trinajstić information content (AvgIpc) is 3.04. The molecule has 0 spiro atoms. The molecule has 6 nitrogen and oxygen atoms in total. The van der Waals surface area contributed by atoms with Gasteiger partial charge < -0.3 is 4.74 Å². The first-order valence-electron chi connectivity index (χ1n) is 6.81. The number of nitrogens with zero attached hydrogens (tertiary/aromatic N) is 3. The SMILES string of the molecule is O=C(OCc1cc(=O)n2nc(C3CC3)sc2n1)c1cccs1. The fourth-order valence-electron chi connectivity index (χ4n) is 2.05. The van der Waals surface area contributed by atoms with Crippen LogP contribution in [0.2, 0.25) is 0 Å². The van der Waals surface area contributed by atoms with Gasteiger partial charge in [-0.15, -0.1) is 11.3 Å². The minimum absolute atomic E-state index is 0.0147. The Morgan fingerprint density at radius 3 is 3.05 bits per heavy atom. The van der Waals surface area contributed by atoms with Gasteiger partial charge in [0, 0.05) is 12.0 Å². The van der Waals surface area contributed by atoms with Gasteiger partial charge >= 0.3 is 5.97 Å². The molecule has 0 aromatic carbocycles. The van der Waals surface area contributed by atoms with Crippen LogP contribution in [0.25, 0.3) is 4.96 Å². The van der Waals surface area contributed by atoms with Crippen molar-refractivity contribution in [1.29, 1.82) is 0 Å². The lowest BCUT2D eigenvalue weighted by Gasteiger charge is -2.02. The lowest BCUT2D eigenvalue weighted by molar-refractivity contribution is 0.0473.